The molecule has 0 radical (unpaired) electrons. The summed E-state index contributed by atoms with van der Waals surface area (Å²) in [7, 11) is 0. The van der Waals surface area contributed by atoms with E-state index in [4.69, 9.17) is 10.7 Å². The molecule has 2 N–H and O–H groups in total. The molecule has 2 unspecified atom stereocenters. The summed E-state index contributed by atoms with van der Waals surface area (Å²) in [6, 6.07) is 13.1. The van der Waals surface area contributed by atoms with Crippen LogP contribution in [-0.2, 0) is 0 Å². The molecule has 1 aromatic carbocycles. The minimum atomic E-state index is 0.378. The molecule has 0 bridgehead atoms. The van der Waals surface area contributed by atoms with Crippen LogP contribution in [0.1, 0.15) is 31.5 Å². The number of likely N-dealkylation sites (tertiary alicyclic amines) is 1. The summed E-state index contributed by atoms with van der Waals surface area (Å²) in [5.74, 6) is 0.525. The van der Waals surface area contributed by atoms with E-state index in [0.717, 1.165) is 25.2 Å². The van der Waals surface area contributed by atoms with Crippen LogP contribution in [0.15, 0.2) is 36.4 Å². The highest BCUT2D eigenvalue weighted by Crippen LogP contribution is 2.34. The summed E-state index contributed by atoms with van der Waals surface area (Å²) in [6.07, 6.45) is 2.46. The van der Waals surface area contributed by atoms with Gasteiger partial charge in [0, 0.05) is 5.39 Å². The highest BCUT2D eigenvalue weighted by molar-refractivity contribution is 5.78. The Morgan fingerprint density at radius 1 is 1.25 bits per heavy atom. The Bertz CT molecular complexity index is 569. The summed E-state index contributed by atoms with van der Waals surface area (Å²) >= 11 is 0. The van der Waals surface area contributed by atoms with Gasteiger partial charge in [0.05, 0.1) is 17.3 Å². The van der Waals surface area contributed by atoms with Crippen LogP contribution in [-0.4, -0.2) is 29.5 Å². The van der Waals surface area contributed by atoms with Crippen LogP contribution in [0.4, 0.5) is 0 Å². The zero-order chi connectivity index (χ0) is 13.9. The van der Waals surface area contributed by atoms with Crippen molar-refractivity contribution < 1.29 is 0 Å². The van der Waals surface area contributed by atoms with Crippen LogP contribution in [0.5, 0.6) is 0 Å². The van der Waals surface area contributed by atoms with Gasteiger partial charge in [-0.15, -0.1) is 0 Å². The van der Waals surface area contributed by atoms with Crippen molar-refractivity contribution in [1.29, 1.82) is 0 Å². The number of rotatable bonds is 3. The van der Waals surface area contributed by atoms with Gasteiger partial charge in [0.25, 0.3) is 0 Å². The van der Waals surface area contributed by atoms with Gasteiger partial charge in [-0.2, -0.15) is 0 Å². The number of nitrogens with two attached hydrogens (primary N) is 1. The Hall–Kier alpha value is -1.45. The van der Waals surface area contributed by atoms with E-state index >= 15 is 0 Å². The van der Waals surface area contributed by atoms with E-state index in [1.165, 1.54) is 23.9 Å². The Kier molecular flexibility index (Phi) is 3.99. The smallest absolute Gasteiger partial charge is 0.0706 e. The molecule has 3 heteroatoms. The molecular weight excluding hydrogens is 246 g/mol. The molecule has 1 aliphatic rings. The summed E-state index contributed by atoms with van der Waals surface area (Å²) in [4.78, 5) is 7.42. The van der Waals surface area contributed by atoms with Gasteiger partial charge in [-0.25, -0.2) is 0 Å². The molecule has 3 rings (SSSR count). The Balaban J connectivity index is 2.01. The second-order valence-electron chi connectivity index (χ2n) is 5.64. The number of aromatic nitrogens is 1. The van der Waals surface area contributed by atoms with Crippen molar-refractivity contribution in [2.75, 3.05) is 19.6 Å². The van der Waals surface area contributed by atoms with E-state index in [0.29, 0.717) is 12.0 Å². The maximum absolute atomic E-state index is 6.01. The molecule has 1 aromatic heterocycles. The molecule has 0 saturated carbocycles. The van der Waals surface area contributed by atoms with Crippen molar-refractivity contribution in [3.05, 3.63) is 42.1 Å². The van der Waals surface area contributed by atoms with E-state index in [1.807, 2.05) is 0 Å². The molecule has 0 aliphatic carbocycles. The van der Waals surface area contributed by atoms with Gasteiger partial charge < -0.3 is 5.73 Å². The lowest BCUT2D eigenvalue weighted by Gasteiger charge is -2.40. The van der Waals surface area contributed by atoms with Crippen LogP contribution in [0.2, 0.25) is 0 Å². The van der Waals surface area contributed by atoms with Crippen LogP contribution in [0, 0.1) is 5.92 Å². The Labute approximate surface area is 120 Å². The number of benzene rings is 1. The van der Waals surface area contributed by atoms with E-state index in [1.54, 1.807) is 0 Å². The standard InChI is InChI=1S/C17H23N3/c1-2-20-11-5-7-14(12-18)17(20)16-10-9-13-6-3-4-8-15(13)19-16/h3-4,6,8-10,14,17H,2,5,7,11-12,18H2,1H3. The normalized spacial score (nSPS) is 24.1. The molecular formula is C17H23N3. The van der Waals surface area contributed by atoms with Crippen LogP contribution >= 0.6 is 0 Å². The SMILES string of the molecule is CCN1CCCC(CN)C1c1ccc2ccccc2n1. The van der Waals surface area contributed by atoms with Crippen LogP contribution in [0.3, 0.4) is 0 Å². The quantitative estimate of drug-likeness (QED) is 0.931. The maximum atomic E-state index is 6.01. The molecule has 1 saturated heterocycles. The average Bonchev–Trinajstić information content (AvgIpc) is 2.53. The predicted molar refractivity (Wildman–Crippen MR) is 83.5 cm³/mol. The first-order valence-electron chi connectivity index (χ1n) is 7.63. The topological polar surface area (TPSA) is 42.1 Å². The summed E-state index contributed by atoms with van der Waals surface area (Å²) in [5.41, 5.74) is 8.27. The first kappa shape index (κ1) is 13.5. The molecule has 3 nitrogen and oxygen atoms in total. The number of pyridine rings is 1. The van der Waals surface area contributed by atoms with Crippen molar-refractivity contribution in [3.8, 4) is 0 Å². The van der Waals surface area contributed by atoms with E-state index in [9.17, 15) is 0 Å². The van der Waals surface area contributed by atoms with Gasteiger partial charge in [-0.1, -0.05) is 31.2 Å². The summed E-state index contributed by atoms with van der Waals surface area (Å²) in [6.45, 7) is 5.20. The largest absolute Gasteiger partial charge is 0.330 e. The highest BCUT2D eigenvalue weighted by Gasteiger charge is 2.31. The fraction of sp³-hybridized carbons (Fsp3) is 0.471. The Morgan fingerprint density at radius 2 is 2.10 bits per heavy atom. The van der Waals surface area contributed by atoms with Gasteiger partial charge in [-0.05, 0) is 50.5 Å². The van der Waals surface area contributed by atoms with Gasteiger partial charge in [0.2, 0.25) is 0 Å². The molecule has 20 heavy (non-hydrogen) atoms. The maximum Gasteiger partial charge on any atom is 0.0706 e. The predicted octanol–water partition coefficient (Wildman–Crippen LogP) is 2.97. The average molecular weight is 269 g/mol. The van der Waals surface area contributed by atoms with E-state index < -0.39 is 0 Å². The monoisotopic (exact) mass is 269 g/mol. The number of hydrogen-bond donors (Lipinski definition) is 1. The second-order valence-corrected chi connectivity index (χ2v) is 5.64. The number of fused-ring (bicyclic) bond motifs is 1. The zero-order valence-corrected chi connectivity index (χ0v) is 12.1. The molecule has 2 aromatic rings. The third-order valence-electron chi connectivity index (χ3n) is 4.49. The van der Waals surface area contributed by atoms with Crippen molar-refractivity contribution in [3.63, 3.8) is 0 Å². The molecule has 2 atom stereocenters. The van der Waals surface area contributed by atoms with Crippen molar-refractivity contribution >= 4 is 10.9 Å². The molecule has 0 amide bonds. The summed E-state index contributed by atoms with van der Waals surface area (Å²) in [5, 5.41) is 1.21. The minimum absolute atomic E-state index is 0.378. The zero-order valence-electron chi connectivity index (χ0n) is 12.1. The molecule has 1 fully saturated rings. The van der Waals surface area contributed by atoms with Gasteiger partial charge >= 0.3 is 0 Å². The number of hydrogen-bond acceptors (Lipinski definition) is 3. The Morgan fingerprint density at radius 3 is 2.90 bits per heavy atom. The third-order valence-corrected chi connectivity index (χ3v) is 4.49. The van der Waals surface area contributed by atoms with Gasteiger partial charge in [-0.3, -0.25) is 9.88 Å². The lowest BCUT2D eigenvalue weighted by atomic mass is 9.86. The van der Waals surface area contributed by atoms with E-state index in [-0.39, 0.29) is 0 Å². The number of piperidine rings is 1. The van der Waals surface area contributed by atoms with Crippen molar-refractivity contribution in [2.24, 2.45) is 11.7 Å². The molecule has 2 heterocycles. The lowest BCUT2D eigenvalue weighted by Crippen LogP contribution is -2.41. The fourth-order valence-corrected chi connectivity index (χ4v) is 3.43. The fourth-order valence-electron chi connectivity index (χ4n) is 3.43. The molecule has 0 spiro atoms. The van der Waals surface area contributed by atoms with E-state index in [2.05, 4.69) is 48.2 Å². The van der Waals surface area contributed by atoms with Gasteiger partial charge in [0.15, 0.2) is 0 Å². The first-order chi connectivity index (χ1) is 9.83. The van der Waals surface area contributed by atoms with Crippen molar-refractivity contribution in [2.45, 2.75) is 25.8 Å². The van der Waals surface area contributed by atoms with Crippen molar-refractivity contribution in [1.82, 2.24) is 9.88 Å². The number of para-hydroxylation sites is 1. The lowest BCUT2D eigenvalue weighted by molar-refractivity contribution is 0.0991. The van der Waals surface area contributed by atoms with Crippen LogP contribution in [0.25, 0.3) is 10.9 Å². The van der Waals surface area contributed by atoms with Gasteiger partial charge in [0.1, 0.15) is 0 Å². The summed E-state index contributed by atoms with van der Waals surface area (Å²) < 4.78 is 0. The molecule has 1 aliphatic heterocycles. The minimum Gasteiger partial charge on any atom is -0.330 e. The molecule has 106 valence electrons. The highest BCUT2D eigenvalue weighted by atomic mass is 15.2. The first-order valence-corrected chi connectivity index (χ1v) is 7.63. The number of nitrogens with zero attached hydrogens (tertiary/aromatic N) is 2. The second kappa shape index (κ2) is 5.90. The van der Waals surface area contributed by atoms with Crippen LogP contribution < -0.4 is 5.73 Å². The third kappa shape index (κ3) is 2.43.